The van der Waals surface area contributed by atoms with Crippen molar-refractivity contribution in [1.29, 1.82) is 0 Å². The number of nitrogens with zero attached hydrogens (tertiary/aromatic N) is 3. The molecule has 0 N–H and O–H groups in total. The first-order valence-corrected chi connectivity index (χ1v) is 4.46. The smallest absolute Gasteiger partial charge is 0.162 e. The van der Waals surface area contributed by atoms with Crippen molar-refractivity contribution in [3.05, 3.63) is 40.3 Å². The summed E-state index contributed by atoms with van der Waals surface area (Å²) in [4.78, 5) is 14.1. The van der Waals surface area contributed by atoms with Gasteiger partial charge in [0.2, 0.25) is 0 Å². The zero-order valence-electron chi connectivity index (χ0n) is 7.97. The Balaban J connectivity index is 2.82. The summed E-state index contributed by atoms with van der Waals surface area (Å²) >= 11 is 0. The molecule has 0 aliphatic carbocycles. The van der Waals surface area contributed by atoms with Crippen LogP contribution in [-0.4, -0.2) is 5.78 Å². The molecule has 1 aromatic carbocycles. The van der Waals surface area contributed by atoms with Crippen LogP contribution in [0.1, 0.15) is 30.1 Å². The maximum atomic E-state index is 11.4. The maximum absolute atomic E-state index is 11.4. The van der Waals surface area contributed by atoms with Gasteiger partial charge in [-0.25, -0.2) is 0 Å². The fourth-order valence-electron chi connectivity index (χ4n) is 1.14. The summed E-state index contributed by atoms with van der Waals surface area (Å²) < 4.78 is 0. The third kappa shape index (κ3) is 2.61. The van der Waals surface area contributed by atoms with Crippen molar-refractivity contribution < 1.29 is 4.79 Å². The van der Waals surface area contributed by atoms with Gasteiger partial charge in [0, 0.05) is 22.6 Å². The first-order chi connectivity index (χ1) is 6.77. The molecule has 0 unspecified atom stereocenters. The zero-order valence-corrected chi connectivity index (χ0v) is 7.97. The number of rotatable bonds is 4. The maximum Gasteiger partial charge on any atom is 0.162 e. The minimum absolute atomic E-state index is 0.125. The van der Waals surface area contributed by atoms with Gasteiger partial charge in [-0.05, 0) is 12.0 Å². The van der Waals surface area contributed by atoms with E-state index in [4.69, 9.17) is 5.53 Å². The van der Waals surface area contributed by atoms with E-state index in [1.165, 1.54) is 0 Å². The van der Waals surface area contributed by atoms with Crippen molar-refractivity contribution in [1.82, 2.24) is 0 Å². The molecule has 0 aromatic heterocycles. The van der Waals surface area contributed by atoms with E-state index in [1.54, 1.807) is 24.3 Å². The highest BCUT2D eigenvalue weighted by Gasteiger charge is 2.02. The molecule has 0 aliphatic rings. The van der Waals surface area contributed by atoms with Crippen molar-refractivity contribution in [2.45, 2.75) is 19.8 Å². The van der Waals surface area contributed by atoms with Crippen LogP contribution in [0.4, 0.5) is 5.69 Å². The van der Waals surface area contributed by atoms with Crippen LogP contribution >= 0.6 is 0 Å². The Morgan fingerprint density at radius 1 is 1.43 bits per heavy atom. The van der Waals surface area contributed by atoms with Gasteiger partial charge < -0.3 is 0 Å². The fraction of sp³-hybridized carbons (Fsp3) is 0.300. The molecule has 0 atom stereocenters. The van der Waals surface area contributed by atoms with Gasteiger partial charge in [-0.15, -0.1) is 0 Å². The lowest BCUT2D eigenvalue weighted by Gasteiger charge is -1.98. The SMILES string of the molecule is CCCC(=O)c1ccc(N=[N+]=[N-])cc1. The van der Waals surface area contributed by atoms with Crippen LogP contribution in [0.2, 0.25) is 0 Å². The van der Waals surface area contributed by atoms with Gasteiger partial charge in [0.1, 0.15) is 0 Å². The third-order valence-corrected chi connectivity index (χ3v) is 1.83. The standard InChI is InChI=1S/C10H11N3O/c1-2-3-10(14)8-4-6-9(7-5-8)12-13-11/h4-7H,2-3H2,1H3. The number of carbonyl (C=O) groups is 1. The summed E-state index contributed by atoms with van der Waals surface area (Å²) in [6, 6.07) is 6.65. The molecule has 4 heteroatoms. The first-order valence-electron chi connectivity index (χ1n) is 4.46. The van der Waals surface area contributed by atoms with E-state index in [0.717, 1.165) is 6.42 Å². The van der Waals surface area contributed by atoms with Gasteiger partial charge in [0.05, 0.1) is 0 Å². The molecular weight excluding hydrogens is 178 g/mol. The molecule has 4 nitrogen and oxygen atoms in total. The Morgan fingerprint density at radius 3 is 2.57 bits per heavy atom. The van der Waals surface area contributed by atoms with E-state index in [-0.39, 0.29) is 5.78 Å². The molecule has 14 heavy (non-hydrogen) atoms. The van der Waals surface area contributed by atoms with Crippen LogP contribution in [0.25, 0.3) is 10.4 Å². The minimum Gasteiger partial charge on any atom is -0.294 e. The lowest BCUT2D eigenvalue weighted by atomic mass is 10.1. The van der Waals surface area contributed by atoms with E-state index in [0.29, 0.717) is 17.7 Å². The third-order valence-electron chi connectivity index (χ3n) is 1.83. The average molecular weight is 189 g/mol. The largest absolute Gasteiger partial charge is 0.294 e. The highest BCUT2D eigenvalue weighted by Crippen LogP contribution is 2.14. The van der Waals surface area contributed by atoms with Crippen LogP contribution in [0.5, 0.6) is 0 Å². The van der Waals surface area contributed by atoms with Gasteiger partial charge in [-0.3, -0.25) is 4.79 Å². The zero-order chi connectivity index (χ0) is 10.4. The summed E-state index contributed by atoms with van der Waals surface area (Å²) in [5, 5.41) is 3.42. The summed E-state index contributed by atoms with van der Waals surface area (Å²) in [6.07, 6.45) is 1.40. The summed E-state index contributed by atoms with van der Waals surface area (Å²) in [5.74, 6) is 0.125. The quantitative estimate of drug-likeness (QED) is 0.309. The van der Waals surface area contributed by atoms with E-state index < -0.39 is 0 Å². The Bertz CT molecular complexity index is 363. The van der Waals surface area contributed by atoms with Crippen molar-refractivity contribution in [2.75, 3.05) is 0 Å². The van der Waals surface area contributed by atoms with E-state index >= 15 is 0 Å². The Labute approximate surface area is 82.2 Å². The molecule has 0 fully saturated rings. The number of Topliss-reactive ketones (excluding diaryl/α,β-unsaturated/α-hetero) is 1. The van der Waals surface area contributed by atoms with Crippen molar-refractivity contribution >= 4 is 11.5 Å². The van der Waals surface area contributed by atoms with Crippen LogP contribution in [-0.2, 0) is 0 Å². The number of hydrogen-bond donors (Lipinski definition) is 0. The van der Waals surface area contributed by atoms with Gasteiger partial charge in [-0.2, -0.15) is 0 Å². The van der Waals surface area contributed by atoms with E-state index in [1.807, 2.05) is 6.92 Å². The number of hydrogen-bond acceptors (Lipinski definition) is 2. The normalized spacial score (nSPS) is 9.21. The number of ketones is 1. The molecule has 0 radical (unpaired) electrons. The second kappa shape index (κ2) is 5.04. The van der Waals surface area contributed by atoms with Gasteiger partial charge in [-0.1, -0.05) is 36.3 Å². The lowest BCUT2D eigenvalue weighted by molar-refractivity contribution is 0.0982. The average Bonchev–Trinajstić information content (AvgIpc) is 2.20. The summed E-state index contributed by atoms with van der Waals surface area (Å²) in [5.41, 5.74) is 9.37. The second-order valence-corrected chi connectivity index (χ2v) is 2.91. The first kappa shape index (κ1) is 10.3. The van der Waals surface area contributed by atoms with Crippen molar-refractivity contribution in [3.63, 3.8) is 0 Å². The molecule has 0 aliphatic heterocycles. The molecule has 0 saturated heterocycles. The lowest BCUT2D eigenvalue weighted by Crippen LogP contribution is -1.96. The second-order valence-electron chi connectivity index (χ2n) is 2.91. The number of benzene rings is 1. The van der Waals surface area contributed by atoms with Gasteiger partial charge >= 0.3 is 0 Å². The van der Waals surface area contributed by atoms with Crippen LogP contribution < -0.4 is 0 Å². The van der Waals surface area contributed by atoms with Crippen LogP contribution in [0, 0.1) is 0 Å². The molecule has 0 saturated carbocycles. The van der Waals surface area contributed by atoms with Crippen LogP contribution in [0.3, 0.4) is 0 Å². The Kier molecular flexibility index (Phi) is 3.70. The highest BCUT2D eigenvalue weighted by molar-refractivity contribution is 5.96. The Morgan fingerprint density at radius 2 is 2.07 bits per heavy atom. The minimum atomic E-state index is 0.125. The molecule has 0 bridgehead atoms. The predicted molar refractivity (Wildman–Crippen MR) is 54.5 cm³/mol. The van der Waals surface area contributed by atoms with Gasteiger partial charge in [0.15, 0.2) is 5.78 Å². The molecular formula is C10H11N3O. The number of carbonyl (C=O) groups excluding carboxylic acids is 1. The predicted octanol–water partition coefficient (Wildman–Crippen LogP) is 3.61. The van der Waals surface area contributed by atoms with E-state index in [2.05, 4.69) is 10.0 Å². The fourth-order valence-corrected chi connectivity index (χ4v) is 1.14. The topological polar surface area (TPSA) is 65.8 Å². The molecule has 72 valence electrons. The Hall–Kier alpha value is -1.80. The summed E-state index contributed by atoms with van der Waals surface area (Å²) in [6.45, 7) is 1.96. The molecule has 0 amide bonds. The highest BCUT2D eigenvalue weighted by atomic mass is 16.1. The van der Waals surface area contributed by atoms with E-state index in [9.17, 15) is 4.79 Å². The van der Waals surface area contributed by atoms with Crippen LogP contribution in [0.15, 0.2) is 29.4 Å². The van der Waals surface area contributed by atoms with Crippen molar-refractivity contribution in [3.8, 4) is 0 Å². The molecule has 0 heterocycles. The monoisotopic (exact) mass is 189 g/mol. The molecule has 1 aromatic rings. The molecule has 0 spiro atoms. The van der Waals surface area contributed by atoms with Crippen molar-refractivity contribution in [2.24, 2.45) is 5.11 Å². The summed E-state index contributed by atoms with van der Waals surface area (Å²) in [7, 11) is 0. The number of azide groups is 1. The van der Waals surface area contributed by atoms with Gasteiger partial charge in [0.25, 0.3) is 0 Å². The molecule has 1 rings (SSSR count).